The number of halogens is 1. The molecular weight excluding hydrogens is 434 g/mol. The first-order chi connectivity index (χ1) is 14.0. The van der Waals surface area contributed by atoms with Crippen molar-refractivity contribution in [1.29, 1.82) is 0 Å². The molecule has 0 atom stereocenters. The lowest BCUT2D eigenvalue weighted by Gasteiger charge is -2.32. The maximum absolute atomic E-state index is 12.1. The standard InChI is InChI=1S/C22H26BrN3O3/c23-19-4-1-2-5-20(19)29-15-3-6-21(27)25-17-7-9-18(10-8-17)26-13-11-16(12-14-26)22(24)28/h1-2,4-5,7-10,16H,3,6,11-15H2,(H2,24,28)(H,25,27). The number of ether oxygens (including phenoxy) is 1. The van der Waals surface area contributed by atoms with Crippen LogP contribution in [0.4, 0.5) is 11.4 Å². The van der Waals surface area contributed by atoms with Gasteiger partial charge >= 0.3 is 0 Å². The number of rotatable bonds is 8. The molecule has 2 aromatic rings. The molecule has 1 aliphatic heterocycles. The summed E-state index contributed by atoms with van der Waals surface area (Å²) in [6, 6.07) is 15.5. The number of benzene rings is 2. The predicted molar refractivity (Wildman–Crippen MR) is 118 cm³/mol. The van der Waals surface area contributed by atoms with E-state index in [9.17, 15) is 9.59 Å². The van der Waals surface area contributed by atoms with Crippen molar-refractivity contribution < 1.29 is 14.3 Å². The zero-order chi connectivity index (χ0) is 20.6. The van der Waals surface area contributed by atoms with E-state index in [0.29, 0.717) is 19.4 Å². The summed E-state index contributed by atoms with van der Waals surface area (Å²) in [4.78, 5) is 25.7. The van der Waals surface area contributed by atoms with Crippen LogP contribution in [0.2, 0.25) is 0 Å². The molecule has 29 heavy (non-hydrogen) atoms. The third kappa shape index (κ3) is 6.22. The third-order valence-electron chi connectivity index (χ3n) is 5.06. The van der Waals surface area contributed by atoms with Crippen LogP contribution in [0.25, 0.3) is 0 Å². The van der Waals surface area contributed by atoms with E-state index in [4.69, 9.17) is 10.5 Å². The number of hydrogen-bond donors (Lipinski definition) is 2. The van der Waals surface area contributed by atoms with Gasteiger partial charge in [0.1, 0.15) is 5.75 Å². The first kappa shape index (κ1) is 21.2. The number of carbonyl (C=O) groups excluding carboxylic acids is 2. The van der Waals surface area contributed by atoms with Crippen molar-refractivity contribution in [2.24, 2.45) is 11.7 Å². The summed E-state index contributed by atoms with van der Waals surface area (Å²) >= 11 is 3.44. The van der Waals surface area contributed by atoms with Crippen molar-refractivity contribution >= 4 is 39.1 Å². The van der Waals surface area contributed by atoms with Gasteiger partial charge in [-0.1, -0.05) is 12.1 Å². The van der Waals surface area contributed by atoms with Crippen molar-refractivity contribution in [3.8, 4) is 5.75 Å². The molecule has 154 valence electrons. The van der Waals surface area contributed by atoms with E-state index in [-0.39, 0.29) is 17.7 Å². The summed E-state index contributed by atoms with van der Waals surface area (Å²) in [5, 5.41) is 2.92. The minimum atomic E-state index is -0.204. The summed E-state index contributed by atoms with van der Waals surface area (Å²) < 4.78 is 6.59. The van der Waals surface area contributed by atoms with Crippen LogP contribution >= 0.6 is 15.9 Å². The fourth-order valence-electron chi connectivity index (χ4n) is 3.38. The normalized spacial score (nSPS) is 14.4. The highest BCUT2D eigenvalue weighted by Crippen LogP contribution is 2.25. The summed E-state index contributed by atoms with van der Waals surface area (Å²) in [7, 11) is 0. The molecule has 1 heterocycles. The predicted octanol–water partition coefficient (Wildman–Crippen LogP) is 3.95. The van der Waals surface area contributed by atoms with Crippen molar-refractivity contribution in [3.63, 3.8) is 0 Å². The lowest BCUT2D eigenvalue weighted by molar-refractivity contribution is -0.122. The fraction of sp³-hybridized carbons (Fsp3) is 0.364. The number of nitrogens with one attached hydrogen (secondary N) is 1. The van der Waals surface area contributed by atoms with Crippen LogP contribution in [0.1, 0.15) is 25.7 Å². The van der Waals surface area contributed by atoms with Crippen LogP contribution in [0.3, 0.4) is 0 Å². The fourth-order valence-corrected chi connectivity index (χ4v) is 3.78. The Morgan fingerprint density at radius 3 is 2.45 bits per heavy atom. The Hall–Kier alpha value is -2.54. The molecule has 2 amide bonds. The number of hydrogen-bond acceptors (Lipinski definition) is 4. The summed E-state index contributed by atoms with van der Waals surface area (Å²) in [6.07, 6.45) is 2.61. The number of amides is 2. The number of piperidine rings is 1. The van der Waals surface area contributed by atoms with Gasteiger partial charge in [-0.05, 0) is 71.6 Å². The largest absolute Gasteiger partial charge is 0.492 e. The van der Waals surface area contributed by atoms with Gasteiger partial charge in [0.25, 0.3) is 0 Å². The zero-order valence-corrected chi connectivity index (χ0v) is 17.9. The topological polar surface area (TPSA) is 84.7 Å². The maximum atomic E-state index is 12.1. The molecule has 0 bridgehead atoms. The third-order valence-corrected chi connectivity index (χ3v) is 5.71. The molecule has 1 aliphatic rings. The average molecular weight is 460 g/mol. The molecule has 7 heteroatoms. The second-order valence-electron chi connectivity index (χ2n) is 7.14. The Morgan fingerprint density at radius 2 is 1.79 bits per heavy atom. The van der Waals surface area contributed by atoms with Gasteiger partial charge in [-0.25, -0.2) is 0 Å². The minimum absolute atomic E-state index is 0.0169. The van der Waals surface area contributed by atoms with Gasteiger partial charge < -0.3 is 20.7 Å². The molecule has 0 aromatic heterocycles. The summed E-state index contributed by atoms with van der Waals surface area (Å²) in [5.74, 6) is 0.528. The Labute approximate surface area is 179 Å². The Kier molecular flexibility index (Phi) is 7.52. The highest BCUT2D eigenvalue weighted by atomic mass is 79.9. The highest BCUT2D eigenvalue weighted by Gasteiger charge is 2.23. The quantitative estimate of drug-likeness (QED) is 0.585. The van der Waals surface area contributed by atoms with Crippen LogP contribution in [0.5, 0.6) is 5.75 Å². The molecule has 0 aliphatic carbocycles. The Bertz CT molecular complexity index is 833. The van der Waals surface area contributed by atoms with E-state index in [0.717, 1.165) is 47.5 Å². The van der Waals surface area contributed by atoms with Gasteiger partial charge in [0, 0.05) is 36.8 Å². The molecule has 1 saturated heterocycles. The zero-order valence-electron chi connectivity index (χ0n) is 16.3. The number of nitrogens with zero attached hydrogens (tertiary/aromatic N) is 1. The van der Waals surface area contributed by atoms with Crippen LogP contribution in [-0.2, 0) is 9.59 Å². The van der Waals surface area contributed by atoms with E-state index in [1.807, 2.05) is 48.5 Å². The van der Waals surface area contributed by atoms with Crippen molar-refractivity contribution in [2.45, 2.75) is 25.7 Å². The molecular formula is C22H26BrN3O3. The molecule has 0 radical (unpaired) electrons. The van der Waals surface area contributed by atoms with Crippen molar-refractivity contribution in [3.05, 3.63) is 53.0 Å². The van der Waals surface area contributed by atoms with Crippen LogP contribution < -0.4 is 20.7 Å². The number of nitrogens with two attached hydrogens (primary N) is 1. The van der Waals surface area contributed by atoms with Crippen LogP contribution in [0.15, 0.2) is 53.0 Å². The van der Waals surface area contributed by atoms with E-state index in [1.165, 1.54) is 0 Å². The van der Waals surface area contributed by atoms with E-state index in [1.54, 1.807) is 0 Å². The minimum Gasteiger partial charge on any atom is -0.492 e. The Morgan fingerprint density at radius 1 is 1.10 bits per heavy atom. The van der Waals surface area contributed by atoms with Gasteiger partial charge in [-0.2, -0.15) is 0 Å². The van der Waals surface area contributed by atoms with Crippen molar-refractivity contribution in [1.82, 2.24) is 0 Å². The van der Waals surface area contributed by atoms with Crippen LogP contribution in [0, 0.1) is 5.92 Å². The smallest absolute Gasteiger partial charge is 0.224 e. The van der Waals surface area contributed by atoms with Gasteiger partial charge in [0.15, 0.2) is 0 Å². The monoisotopic (exact) mass is 459 g/mol. The number of carbonyl (C=O) groups is 2. The first-order valence-electron chi connectivity index (χ1n) is 9.84. The van der Waals surface area contributed by atoms with Gasteiger partial charge in [-0.15, -0.1) is 0 Å². The highest BCUT2D eigenvalue weighted by molar-refractivity contribution is 9.10. The van der Waals surface area contributed by atoms with Crippen molar-refractivity contribution in [2.75, 3.05) is 29.9 Å². The molecule has 0 spiro atoms. The van der Waals surface area contributed by atoms with E-state index >= 15 is 0 Å². The number of anilines is 2. The van der Waals surface area contributed by atoms with Crippen LogP contribution in [-0.4, -0.2) is 31.5 Å². The molecule has 0 unspecified atom stereocenters. The molecule has 3 N–H and O–H groups in total. The second-order valence-corrected chi connectivity index (χ2v) is 8.00. The lowest BCUT2D eigenvalue weighted by Crippen LogP contribution is -2.38. The van der Waals surface area contributed by atoms with Gasteiger partial charge in [0.2, 0.25) is 11.8 Å². The van der Waals surface area contributed by atoms with Gasteiger partial charge in [0.05, 0.1) is 11.1 Å². The molecule has 2 aromatic carbocycles. The molecule has 6 nitrogen and oxygen atoms in total. The number of primary amides is 1. The second kappa shape index (κ2) is 10.3. The average Bonchev–Trinajstić information content (AvgIpc) is 2.73. The maximum Gasteiger partial charge on any atom is 0.224 e. The summed E-state index contributed by atoms with van der Waals surface area (Å²) in [6.45, 7) is 2.11. The van der Waals surface area contributed by atoms with E-state index in [2.05, 4.69) is 26.1 Å². The molecule has 3 rings (SSSR count). The first-order valence-corrected chi connectivity index (χ1v) is 10.6. The molecule has 0 saturated carbocycles. The molecule has 1 fully saturated rings. The SMILES string of the molecule is NC(=O)C1CCN(c2ccc(NC(=O)CCCOc3ccccc3Br)cc2)CC1. The lowest BCUT2D eigenvalue weighted by atomic mass is 9.96. The van der Waals surface area contributed by atoms with E-state index < -0.39 is 0 Å². The number of para-hydroxylation sites is 1. The Balaban J connectivity index is 1.39. The summed E-state index contributed by atoms with van der Waals surface area (Å²) in [5.41, 5.74) is 7.26. The van der Waals surface area contributed by atoms with Gasteiger partial charge in [-0.3, -0.25) is 9.59 Å².